The van der Waals surface area contributed by atoms with Crippen molar-refractivity contribution >= 4 is 34.7 Å². The van der Waals surface area contributed by atoms with Crippen LogP contribution in [0, 0.1) is 5.82 Å². The number of amides is 1. The Balaban J connectivity index is 0.000000266. The number of rotatable bonds is 4. The van der Waals surface area contributed by atoms with Crippen LogP contribution < -0.4 is 11.1 Å². The SMILES string of the molecule is CC(C)n1c(C(C)(C)O)nc2c(F)cc(-c3nc(N)ncc3Cl)cc21.CNC(=O)OC1CCCC(O)C1. The lowest BCUT2D eigenvalue weighted by atomic mass is 9.95. The Bertz CT molecular complexity index is 1260. The molecule has 1 amide bonds. The van der Waals surface area contributed by atoms with Crippen LogP contribution in [0.3, 0.4) is 0 Å². The van der Waals surface area contributed by atoms with E-state index in [-0.39, 0.29) is 34.7 Å². The zero-order chi connectivity index (χ0) is 27.5. The van der Waals surface area contributed by atoms with E-state index in [1.54, 1.807) is 24.5 Å². The van der Waals surface area contributed by atoms with Crippen LogP contribution in [0.2, 0.25) is 5.02 Å². The van der Waals surface area contributed by atoms with Gasteiger partial charge in [-0.05, 0) is 59.1 Å². The smallest absolute Gasteiger partial charge is 0.407 e. The van der Waals surface area contributed by atoms with E-state index in [4.69, 9.17) is 22.1 Å². The summed E-state index contributed by atoms with van der Waals surface area (Å²) in [5, 5.41) is 22.3. The number of hydrogen-bond acceptors (Lipinski definition) is 8. The highest BCUT2D eigenvalue weighted by molar-refractivity contribution is 6.33. The van der Waals surface area contributed by atoms with Gasteiger partial charge < -0.3 is 30.6 Å². The number of nitrogen functional groups attached to an aromatic ring is 1. The third-order valence-electron chi connectivity index (χ3n) is 5.92. The van der Waals surface area contributed by atoms with Crippen molar-refractivity contribution < 1.29 is 24.1 Å². The summed E-state index contributed by atoms with van der Waals surface area (Å²) in [5.74, 6) is -0.0815. The molecule has 0 spiro atoms. The number of halogens is 2. The number of fused-ring (bicyclic) bond motifs is 1. The molecule has 2 unspecified atom stereocenters. The minimum atomic E-state index is -1.22. The Morgan fingerprint density at radius 2 is 2.03 bits per heavy atom. The third-order valence-corrected chi connectivity index (χ3v) is 6.20. The summed E-state index contributed by atoms with van der Waals surface area (Å²) in [6.45, 7) is 7.12. The fourth-order valence-corrected chi connectivity index (χ4v) is 4.46. The largest absolute Gasteiger partial charge is 0.446 e. The van der Waals surface area contributed by atoms with Gasteiger partial charge in [-0.15, -0.1) is 0 Å². The number of hydrogen-bond donors (Lipinski definition) is 4. The van der Waals surface area contributed by atoms with Gasteiger partial charge in [0.2, 0.25) is 5.95 Å². The Morgan fingerprint density at radius 3 is 2.62 bits per heavy atom. The Labute approximate surface area is 220 Å². The van der Waals surface area contributed by atoms with E-state index in [0.29, 0.717) is 29.0 Å². The molecule has 202 valence electrons. The van der Waals surface area contributed by atoms with Crippen LogP contribution in [0.5, 0.6) is 0 Å². The molecule has 5 N–H and O–H groups in total. The van der Waals surface area contributed by atoms with Gasteiger partial charge in [0, 0.05) is 25.1 Å². The van der Waals surface area contributed by atoms with Gasteiger partial charge in [0.25, 0.3) is 0 Å². The average molecular weight is 537 g/mol. The zero-order valence-corrected chi connectivity index (χ0v) is 22.4. The number of aliphatic hydroxyl groups is 2. The molecule has 0 saturated heterocycles. The lowest BCUT2D eigenvalue weighted by Gasteiger charge is -2.25. The van der Waals surface area contributed by atoms with Crippen LogP contribution >= 0.6 is 11.6 Å². The Hall–Kier alpha value is -3.02. The molecule has 2 heterocycles. The number of carbonyl (C=O) groups excluding carboxylic acids is 1. The first-order valence-corrected chi connectivity index (χ1v) is 12.5. The summed E-state index contributed by atoms with van der Waals surface area (Å²) >= 11 is 6.15. The second kappa shape index (κ2) is 11.6. The van der Waals surface area contributed by atoms with Crippen molar-refractivity contribution in [2.75, 3.05) is 12.8 Å². The fraction of sp³-hybridized carbons (Fsp3) is 0.520. The highest BCUT2D eigenvalue weighted by Crippen LogP contribution is 2.34. The van der Waals surface area contributed by atoms with Gasteiger partial charge in [-0.2, -0.15) is 0 Å². The highest BCUT2D eigenvalue weighted by atomic mass is 35.5. The topological polar surface area (TPSA) is 148 Å². The molecule has 10 nitrogen and oxygen atoms in total. The molecule has 1 aromatic carbocycles. The monoisotopic (exact) mass is 536 g/mol. The normalized spacial score (nSPS) is 17.9. The summed E-state index contributed by atoms with van der Waals surface area (Å²) in [5.41, 5.74) is 5.96. The molecule has 0 aliphatic heterocycles. The molecule has 0 bridgehead atoms. The quantitative estimate of drug-likeness (QED) is 0.385. The number of anilines is 1. The molecule has 1 aliphatic rings. The number of imidazole rings is 1. The Morgan fingerprint density at radius 1 is 1.32 bits per heavy atom. The van der Waals surface area contributed by atoms with Gasteiger partial charge in [-0.25, -0.2) is 24.1 Å². The molecule has 0 radical (unpaired) electrons. The minimum Gasteiger partial charge on any atom is -0.446 e. The molecule has 2 atom stereocenters. The number of benzene rings is 1. The number of nitrogens with one attached hydrogen (secondary N) is 1. The number of ether oxygens (including phenoxy) is 1. The van der Waals surface area contributed by atoms with Crippen LogP contribution in [0.25, 0.3) is 22.3 Å². The molecule has 3 aromatic rings. The zero-order valence-electron chi connectivity index (χ0n) is 21.6. The van der Waals surface area contributed by atoms with Crippen LogP contribution in [0.15, 0.2) is 18.3 Å². The van der Waals surface area contributed by atoms with Crippen molar-refractivity contribution in [3.05, 3.63) is 35.0 Å². The van der Waals surface area contributed by atoms with Crippen LogP contribution in [0.1, 0.15) is 65.2 Å². The number of aliphatic hydroxyl groups excluding tert-OH is 1. The van der Waals surface area contributed by atoms with E-state index in [2.05, 4.69) is 20.3 Å². The van der Waals surface area contributed by atoms with Crippen LogP contribution in [-0.2, 0) is 10.3 Å². The van der Waals surface area contributed by atoms with Gasteiger partial charge in [0.1, 0.15) is 23.0 Å². The van der Waals surface area contributed by atoms with Gasteiger partial charge in [0.15, 0.2) is 5.82 Å². The first kappa shape index (κ1) is 28.5. The maximum Gasteiger partial charge on any atom is 0.407 e. The first-order valence-electron chi connectivity index (χ1n) is 12.1. The molecule has 4 rings (SSSR count). The number of nitrogens with two attached hydrogens (primary N) is 1. The maximum atomic E-state index is 14.7. The molecular weight excluding hydrogens is 503 g/mol. The van der Waals surface area contributed by atoms with E-state index in [1.807, 2.05) is 13.8 Å². The first-order chi connectivity index (χ1) is 17.3. The molecular formula is C25H34ClFN6O4. The van der Waals surface area contributed by atoms with Crippen LogP contribution in [-0.4, -0.2) is 55.1 Å². The lowest BCUT2D eigenvalue weighted by molar-refractivity contribution is 0.0237. The van der Waals surface area contributed by atoms with Crippen molar-refractivity contribution in [1.29, 1.82) is 0 Å². The van der Waals surface area contributed by atoms with Gasteiger partial charge in [-0.3, -0.25) is 0 Å². The van der Waals surface area contributed by atoms with E-state index < -0.39 is 17.5 Å². The number of nitrogens with zero attached hydrogens (tertiary/aromatic N) is 4. The van der Waals surface area contributed by atoms with E-state index in [0.717, 1.165) is 19.3 Å². The van der Waals surface area contributed by atoms with Crippen molar-refractivity contribution in [2.45, 2.75) is 77.2 Å². The fourth-order valence-electron chi connectivity index (χ4n) is 4.26. The number of aromatic nitrogens is 4. The summed E-state index contributed by atoms with van der Waals surface area (Å²) < 4.78 is 21.5. The van der Waals surface area contributed by atoms with Crippen molar-refractivity contribution in [3.63, 3.8) is 0 Å². The van der Waals surface area contributed by atoms with Gasteiger partial charge >= 0.3 is 6.09 Å². The minimum absolute atomic E-state index is 0.0352. The molecule has 1 saturated carbocycles. The maximum absolute atomic E-state index is 14.7. The molecule has 12 heteroatoms. The predicted molar refractivity (Wildman–Crippen MR) is 140 cm³/mol. The van der Waals surface area contributed by atoms with Gasteiger partial charge in [-0.1, -0.05) is 11.6 Å². The molecule has 1 aliphatic carbocycles. The number of carbonyl (C=O) groups is 1. The summed E-state index contributed by atoms with van der Waals surface area (Å²) in [6, 6.07) is 3.02. The van der Waals surface area contributed by atoms with E-state index >= 15 is 0 Å². The molecule has 2 aromatic heterocycles. The van der Waals surface area contributed by atoms with Crippen molar-refractivity contribution in [1.82, 2.24) is 24.8 Å². The summed E-state index contributed by atoms with van der Waals surface area (Å²) in [6.07, 6.45) is 3.77. The average Bonchev–Trinajstić information content (AvgIpc) is 3.22. The second-order valence-electron chi connectivity index (χ2n) is 9.81. The Kier molecular flexibility index (Phi) is 8.93. The van der Waals surface area contributed by atoms with Crippen molar-refractivity contribution in [3.8, 4) is 11.3 Å². The van der Waals surface area contributed by atoms with Crippen molar-refractivity contribution in [2.24, 2.45) is 0 Å². The third kappa shape index (κ3) is 6.85. The predicted octanol–water partition coefficient (Wildman–Crippen LogP) is 4.32. The highest BCUT2D eigenvalue weighted by Gasteiger charge is 2.28. The van der Waals surface area contributed by atoms with Gasteiger partial charge in [0.05, 0.1) is 28.5 Å². The summed E-state index contributed by atoms with van der Waals surface area (Å²) in [4.78, 5) is 23.0. The second-order valence-corrected chi connectivity index (χ2v) is 10.2. The summed E-state index contributed by atoms with van der Waals surface area (Å²) in [7, 11) is 1.53. The molecule has 1 fully saturated rings. The van der Waals surface area contributed by atoms with E-state index in [1.165, 1.54) is 19.3 Å². The molecule has 37 heavy (non-hydrogen) atoms. The standard InChI is InChI=1S/C17H19ClFN5O.C8H15NO3/c1-8(2)24-12-6-9(13-10(18)7-21-16(20)23-13)5-11(19)14(12)22-15(24)17(3,4)25;1-9-8(11)12-7-4-2-3-6(10)5-7/h5-8,25H,1-4H3,(H2,20,21,23);6-7,10H,2-5H2,1H3,(H,9,11). The van der Waals surface area contributed by atoms with E-state index in [9.17, 15) is 19.4 Å². The van der Waals surface area contributed by atoms with Crippen LogP contribution in [0.4, 0.5) is 15.1 Å². The lowest BCUT2D eigenvalue weighted by Crippen LogP contribution is -2.31. The number of alkyl carbamates (subject to hydrolysis) is 1.